The summed E-state index contributed by atoms with van der Waals surface area (Å²) in [7, 11) is 0. The van der Waals surface area contributed by atoms with Gasteiger partial charge in [-0.1, -0.05) is 53.9 Å². The van der Waals surface area contributed by atoms with Crippen molar-refractivity contribution in [3.05, 3.63) is 64.7 Å². The van der Waals surface area contributed by atoms with E-state index in [1.165, 1.54) is 24.8 Å². The Bertz CT molecular complexity index is 1550. The summed E-state index contributed by atoms with van der Waals surface area (Å²) in [5, 5.41) is 1.13. The molecule has 2 saturated heterocycles. The fraction of sp³-hybridized carbons (Fsp3) is 0.455. The molecular formula is C33H38N4O5S. The van der Waals surface area contributed by atoms with Crippen LogP contribution in [0.25, 0.3) is 28.2 Å². The van der Waals surface area contributed by atoms with Crippen LogP contribution in [0.4, 0.5) is 0 Å². The van der Waals surface area contributed by atoms with Crippen LogP contribution in [0, 0.1) is 0 Å². The smallest absolute Gasteiger partial charge is 0.293 e. The van der Waals surface area contributed by atoms with Crippen molar-refractivity contribution in [3.8, 4) is 11.3 Å². The first-order chi connectivity index (χ1) is 21.1. The van der Waals surface area contributed by atoms with Crippen molar-refractivity contribution in [1.82, 2.24) is 18.5 Å². The molecule has 1 aromatic heterocycles. The molecule has 9 nitrogen and oxygen atoms in total. The summed E-state index contributed by atoms with van der Waals surface area (Å²) in [6.45, 7) is 4.66. The maximum Gasteiger partial charge on any atom is 0.293 e. The molecule has 43 heavy (non-hydrogen) atoms. The van der Waals surface area contributed by atoms with Crippen LogP contribution in [-0.4, -0.2) is 82.7 Å². The fourth-order valence-electron chi connectivity index (χ4n) is 7.03. The van der Waals surface area contributed by atoms with Gasteiger partial charge in [-0.05, 0) is 48.1 Å². The van der Waals surface area contributed by atoms with Crippen molar-refractivity contribution in [2.45, 2.75) is 44.6 Å². The minimum atomic E-state index is -1.64. The Morgan fingerprint density at radius 2 is 1.63 bits per heavy atom. The summed E-state index contributed by atoms with van der Waals surface area (Å²) in [6.07, 6.45) is 7.96. The molecule has 3 aromatic rings. The Hall–Kier alpha value is -3.15. The van der Waals surface area contributed by atoms with Crippen LogP contribution >= 0.6 is 0 Å². The van der Waals surface area contributed by atoms with Gasteiger partial charge >= 0.3 is 0 Å². The molecular weight excluding hydrogens is 564 g/mol. The number of hydrogen-bond acceptors (Lipinski definition) is 6. The van der Waals surface area contributed by atoms with Gasteiger partial charge in [-0.25, -0.2) is 0 Å². The molecule has 1 saturated carbocycles. The molecule has 2 aromatic carbocycles. The number of carbonyl (C=O) groups is 2. The van der Waals surface area contributed by atoms with Crippen molar-refractivity contribution >= 4 is 40.3 Å². The molecule has 4 aliphatic rings. The van der Waals surface area contributed by atoms with E-state index in [2.05, 4.69) is 39.6 Å². The summed E-state index contributed by atoms with van der Waals surface area (Å²) in [6, 6.07) is 14.2. The third-order valence-corrected chi connectivity index (χ3v) is 10.4. The number of carbonyl (C=O) groups excluding carboxylic acids is 2. The van der Waals surface area contributed by atoms with E-state index in [1.807, 2.05) is 23.1 Å². The van der Waals surface area contributed by atoms with Crippen LogP contribution in [0.2, 0.25) is 0 Å². The Labute approximate surface area is 255 Å². The van der Waals surface area contributed by atoms with E-state index in [-0.39, 0.29) is 11.8 Å². The molecule has 10 heteroatoms. The number of nitrogens with zero attached hydrogens (tertiary/aromatic N) is 3. The van der Waals surface area contributed by atoms with Crippen LogP contribution < -0.4 is 4.72 Å². The second-order valence-corrected chi connectivity index (χ2v) is 13.0. The van der Waals surface area contributed by atoms with E-state index in [1.54, 1.807) is 4.31 Å². The lowest BCUT2D eigenvalue weighted by Gasteiger charge is -2.28. The zero-order valence-electron chi connectivity index (χ0n) is 24.4. The number of aromatic nitrogens is 1. The van der Waals surface area contributed by atoms with Crippen molar-refractivity contribution in [1.29, 1.82) is 0 Å². The summed E-state index contributed by atoms with van der Waals surface area (Å²) in [5.41, 5.74) is 6.72. The molecule has 3 fully saturated rings. The summed E-state index contributed by atoms with van der Waals surface area (Å²) in [4.78, 5) is 29.2. The van der Waals surface area contributed by atoms with Gasteiger partial charge in [0.05, 0.1) is 51.8 Å². The molecule has 0 radical (unpaired) electrons. The van der Waals surface area contributed by atoms with Gasteiger partial charge in [-0.2, -0.15) is 0 Å². The standard InChI is InChI=1S/C33H38N4O5S/c38-32(34-43(40)36-14-18-42-19-15-36)25-10-11-28-29(21-25)37-22-26(33(39)35-12-16-41-17-13-35)20-24-8-4-5-9-27(24)31(37)30(28)23-6-2-1-3-7-23/h4-5,8-11,20-21,23H,1-3,6-7,12-19,22H2,(H,34,38). The van der Waals surface area contributed by atoms with E-state index in [0.29, 0.717) is 70.6 Å². The number of rotatable bonds is 5. The van der Waals surface area contributed by atoms with Gasteiger partial charge in [-0.15, -0.1) is 4.72 Å². The molecule has 2 amide bonds. The average Bonchev–Trinajstić information content (AvgIpc) is 3.27. The molecule has 3 aliphatic heterocycles. The van der Waals surface area contributed by atoms with E-state index in [0.717, 1.165) is 46.1 Å². The van der Waals surface area contributed by atoms with Gasteiger partial charge in [0, 0.05) is 40.7 Å². The lowest BCUT2D eigenvalue weighted by atomic mass is 9.81. The minimum absolute atomic E-state index is 0.0295. The van der Waals surface area contributed by atoms with Gasteiger partial charge in [0.15, 0.2) is 11.5 Å². The number of fused-ring (bicyclic) bond motifs is 5. The number of ether oxygens (including phenoxy) is 2. The maximum absolute atomic E-state index is 13.9. The quantitative estimate of drug-likeness (QED) is 0.439. The van der Waals surface area contributed by atoms with Crippen molar-refractivity contribution in [2.75, 3.05) is 52.6 Å². The molecule has 7 rings (SSSR count). The number of benzene rings is 2. The Balaban J connectivity index is 1.33. The van der Waals surface area contributed by atoms with Crippen LogP contribution in [0.5, 0.6) is 0 Å². The third-order valence-electron chi connectivity index (χ3n) is 9.21. The van der Waals surface area contributed by atoms with Crippen molar-refractivity contribution in [2.24, 2.45) is 0 Å². The van der Waals surface area contributed by atoms with Crippen LogP contribution in [0.1, 0.15) is 59.5 Å². The van der Waals surface area contributed by atoms with E-state index < -0.39 is 11.5 Å². The number of nitrogens with one attached hydrogen (secondary N) is 1. The SMILES string of the molecule is O=C(N[S+]([O-])N1CCOCC1)c1ccc2c(C3CCCCC3)c3n(c2c1)CC(C(=O)N1CCOCC1)=Cc1ccccc1-3. The molecule has 0 spiro atoms. The fourth-order valence-corrected chi connectivity index (χ4v) is 7.92. The zero-order chi connectivity index (χ0) is 29.3. The highest BCUT2D eigenvalue weighted by Gasteiger charge is 2.32. The predicted octanol–water partition coefficient (Wildman–Crippen LogP) is 4.25. The number of amides is 2. The van der Waals surface area contributed by atoms with E-state index >= 15 is 0 Å². The topological polar surface area (TPSA) is 99.1 Å². The first kappa shape index (κ1) is 28.6. The highest BCUT2D eigenvalue weighted by molar-refractivity contribution is 7.87. The molecule has 0 bridgehead atoms. The highest BCUT2D eigenvalue weighted by atomic mass is 32.2. The Morgan fingerprint density at radius 1 is 0.907 bits per heavy atom. The summed E-state index contributed by atoms with van der Waals surface area (Å²) in [5.74, 6) is 0.0584. The van der Waals surface area contributed by atoms with Crippen LogP contribution in [0.3, 0.4) is 0 Å². The van der Waals surface area contributed by atoms with Crippen molar-refractivity contribution in [3.63, 3.8) is 0 Å². The van der Waals surface area contributed by atoms with E-state index in [4.69, 9.17) is 9.47 Å². The first-order valence-corrected chi connectivity index (χ1v) is 16.6. The largest absolute Gasteiger partial charge is 0.573 e. The zero-order valence-corrected chi connectivity index (χ0v) is 25.2. The maximum atomic E-state index is 13.9. The van der Waals surface area contributed by atoms with E-state index in [9.17, 15) is 14.1 Å². The second kappa shape index (κ2) is 12.5. The van der Waals surface area contributed by atoms with Gasteiger partial charge in [0.1, 0.15) is 0 Å². The monoisotopic (exact) mass is 602 g/mol. The predicted molar refractivity (Wildman–Crippen MR) is 167 cm³/mol. The molecule has 1 unspecified atom stereocenters. The summed E-state index contributed by atoms with van der Waals surface area (Å²) < 4.78 is 30.5. The van der Waals surface area contributed by atoms with Crippen LogP contribution in [-0.2, 0) is 32.4 Å². The van der Waals surface area contributed by atoms with Gasteiger partial charge in [-0.3, -0.25) is 9.59 Å². The van der Waals surface area contributed by atoms with Gasteiger partial charge in [0.25, 0.3) is 11.8 Å². The second-order valence-electron chi connectivity index (χ2n) is 11.8. The normalized spacial score (nSPS) is 20.6. The Kier molecular flexibility index (Phi) is 8.29. The molecule has 226 valence electrons. The first-order valence-electron chi connectivity index (χ1n) is 15.5. The summed E-state index contributed by atoms with van der Waals surface area (Å²) >= 11 is -1.64. The Morgan fingerprint density at radius 3 is 2.40 bits per heavy atom. The van der Waals surface area contributed by atoms with Gasteiger partial charge < -0.3 is 23.5 Å². The average molecular weight is 603 g/mol. The molecule has 1 N–H and O–H groups in total. The molecule has 4 heterocycles. The van der Waals surface area contributed by atoms with Gasteiger partial charge in [0.2, 0.25) is 0 Å². The highest BCUT2D eigenvalue weighted by Crippen LogP contribution is 2.46. The number of morpholine rings is 2. The third kappa shape index (κ3) is 5.62. The lowest BCUT2D eigenvalue weighted by molar-refractivity contribution is -0.131. The minimum Gasteiger partial charge on any atom is -0.573 e. The lowest BCUT2D eigenvalue weighted by Crippen LogP contribution is -2.48. The molecule has 1 atom stereocenters. The molecule has 1 aliphatic carbocycles. The number of hydrogen-bond donors (Lipinski definition) is 1. The van der Waals surface area contributed by atoms with Crippen molar-refractivity contribution < 1.29 is 23.6 Å². The van der Waals surface area contributed by atoms with Crippen LogP contribution in [0.15, 0.2) is 48.0 Å².